The van der Waals surface area contributed by atoms with Crippen LogP contribution in [0, 0.1) is 21.8 Å². The van der Waals surface area contributed by atoms with Gasteiger partial charge in [0.2, 0.25) is 0 Å². The van der Waals surface area contributed by atoms with E-state index in [4.69, 9.17) is 0 Å². The number of halogens is 2. The molecule has 1 aromatic carbocycles. The molecule has 1 aromatic rings. The van der Waals surface area contributed by atoms with Crippen molar-refractivity contribution in [1.82, 2.24) is 10.6 Å². The van der Waals surface area contributed by atoms with Crippen LogP contribution in [-0.2, 0) is 0 Å². The molecule has 20 heavy (non-hydrogen) atoms. The first-order valence-electron chi connectivity index (χ1n) is 6.00. The summed E-state index contributed by atoms with van der Waals surface area (Å²) in [7, 11) is 0. The van der Waals surface area contributed by atoms with E-state index in [1.54, 1.807) is 0 Å². The van der Waals surface area contributed by atoms with Crippen LogP contribution in [0.3, 0.4) is 0 Å². The summed E-state index contributed by atoms with van der Waals surface area (Å²) in [5.41, 5.74) is -0.453. The minimum absolute atomic E-state index is 0. The van der Waals surface area contributed by atoms with Gasteiger partial charge in [-0.25, -0.2) is 4.39 Å². The fourth-order valence-electron chi connectivity index (χ4n) is 2.04. The maximum absolute atomic E-state index is 13.2. The minimum atomic E-state index is -0.790. The average Bonchev–Trinajstić information content (AvgIpc) is 2.88. The van der Waals surface area contributed by atoms with E-state index in [2.05, 4.69) is 10.6 Å². The lowest BCUT2D eigenvalue weighted by Crippen LogP contribution is -2.30. The average molecular weight is 304 g/mol. The van der Waals surface area contributed by atoms with E-state index < -0.39 is 22.3 Å². The van der Waals surface area contributed by atoms with Crippen molar-refractivity contribution in [2.45, 2.75) is 6.42 Å². The SMILES string of the molecule is Cl.O=C(NCC1CCNC1)c1cc(F)cc([N+](=O)[O-])c1. The van der Waals surface area contributed by atoms with Gasteiger partial charge in [-0.15, -0.1) is 12.4 Å². The van der Waals surface area contributed by atoms with Crippen molar-refractivity contribution < 1.29 is 14.1 Å². The monoisotopic (exact) mass is 303 g/mol. The molecule has 1 amide bonds. The highest BCUT2D eigenvalue weighted by molar-refractivity contribution is 5.94. The predicted octanol–water partition coefficient (Wildman–Crippen LogP) is 1.49. The first kappa shape index (κ1) is 16.3. The fourth-order valence-corrected chi connectivity index (χ4v) is 2.04. The molecule has 0 bridgehead atoms. The number of benzene rings is 1. The zero-order chi connectivity index (χ0) is 13.8. The Morgan fingerprint density at radius 2 is 2.25 bits per heavy atom. The van der Waals surface area contributed by atoms with Crippen LogP contribution in [-0.4, -0.2) is 30.5 Å². The van der Waals surface area contributed by atoms with Crippen molar-refractivity contribution in [3.05, 3.63) is 39.7 Å². The summed E-state index contributed by atoms with van der Waals surface area (Å²) in [5.74, 6) is -0.927. The maximum atomic E-state index is 13.2. The lowest BCUT2D eigenvalue weighted by molar-refractivity contribution is -0.385. The molecule has 8 heteroatoms. The van der Waals surface area contributed by atoms with Gasteiger partial charge in [-0.1, -0.05) is 0 Å². The molecule has 2 rings (SSSR count). The Bertz CT molecular complexity index is 507. The Hall–Kier alpha value is -1.73. The highest BCUT2D eigenvalue weighted by Gasteiger charge is 2.18. The third kappa shape index (κ3) is 4.14. The summed E-state index contributed by atoms with van der Waals surface area (Å²) in [6.07, 6.45) is 0.976. The first-order valence-corrected chi connectivity index (χ1v) is 6.00. The largest absolute Gasteiger partial charge is 0.352 e. The van der Waals surface area contributed by atoms with Crippen LogP contribution in [0.5, 0.6) is 0 Å². The molecule has 110 valence electrons. The van der Waals surface area contributed by atoms with E-state index in [9.17, 15) is 19.3 Å². The Morgan fingerprint density at radius 1 is 1.50 bits per heavy atom. The minimum Gasteiger partial charge on any atom is -0.352 e. The summed E-state index contributed by atoms with van der Waals surface area (Å²) in [6.45, 7) is 2.24. The van der Waals surface area contributed by atoms with Crippen molar-refractivity contribution in [2.24, 2.45) is 5.92 Å². The quantitative estimate of drug-likeness (QED) is 0.652. The zero-order valence-electron chi connectivity index (χ0n) is 10.6. The summed E-state index contributed by atoms with van der Waals surface area (Å²) < 4.78 is 13.2. The maximum Gasteiger partial charge on any atom is 0.273 e. The first-order chi connectivity index (χ1) is 9.06. The molecule has 0 radical (unpaired) electrons. The van der Waals surface area contributed by atoms with Crippen molar-refractivity contribution in [2.75, 3.05) is 19.6 Å². The van der Waals surface area contributed by atoms with Crippen molar-refractivity contribution >= 4 is 24.0 Å². The van der Waals surface area contributed by atoms with E-state index in [1.165, 1.54) is 0 Å². The second kappa shape index (κ2) is 7.16. The van der Waals surface area contributed by atoms with E-state index in [-0.39, 0.29) is 18.0 Å². The number of nitrogens with zero attached hydrogens (tertiary/aromatic N) is 1. The van der Waals surface area contributed by atoms with Crippen LogP contribution in [0.25, 0.3) is 0 Å². The van der Waals surface area contributed by atoms with Gasteiger partial charge in [0, 0.05) is 18.2 Å². The van der Waals surface area contributed by atoms with Crippen LogP contribution in [0.2, 0.25) is 0 Å². The Kier molecular flexibility index (Phi) is 5.84. The van der Waals surface area contributed by atoms with E-state index >= 15 is 0 Å². The lowest BCUT2D eigenvalue weighted by atomic mass is 10.1. The van der Waals surface area contributed by atoms with Gasteiger partial charge in [0.15, 0.2) is 0 Å². The summed E-state index contributed by atoms with van der Waals surface area (Å²) in [6, 6.07) is 2.86. The number of rotatable bonds is 4. The van der Waals surface area contributed by atoms with Crippen molar-refractivity contribution in [1.29, 1.82) is 0 Å². The summed E-state index contributed by atoms with van der Waals surface area (Å²) in [5, 5.41) is 16.4. The highest BCUT2D eigenvalue weighted by atomic mass is 35.5. The molecule has 0 aromatic heterocycles. The molecule has 1 saturated heterocycles. The molecule has 1 atom stereocenters. The number of carbonyl (C=O) groups excluding carboxylic acids is 1. The zero-order valence-corrected chi connectivity index (χ0v) is 11.4. The normalized spacial score (nSPS) is 17.4. The van der Waals surface area contributed by atoms with Gasteiger partial charge in [-0.05, 0) is 31.5 Å². The van der Waals surface area contributed by atoms with Gasteiger partial charge in [-0.3, -0.25) is 14.9 Å². The molecule has 2 N–H and O–H groups in total. The number of amides is 1. The second-order valence-corrected chi connectivity index (χ2v) is 4.52. The molecular formula is C12H15ClFN3O3. The number of hydrogen-bond acceptors (Lipinski definition) is 4. The third-order valence-corrected chi connectivity index (χ3v) is 3.07. The topological polar surface area (TPSA) is 84.3 Å². The second-order valence-electron chi connectivity index (χ2n) is 4.52. The lowest BCUT2D eigenvalue weighted by Gasteiger charge is -2.10. The number of carbonyl (C=O) groups is 1. The van der Waals surface area contributed by atoms with E-state index in [0.717, 1.165) is 37.7 Å². The summed E-state index contributed by atoms with van der Waals surface area (Å²) >= 11 is 0. The molecule has 0 spiro atoms. The Balaban J connectivity index is 0.00000200. The van der Waals surface area contributed by atoms with Gasteiger partial charge in [-0.2, -0.15) is 0 Å². The van der Waals surface area contributed by atoms with Crippen LogP contribution >= 0.6 is 12.4 Å². The van der Waals surface area contributed by atoms with Crippen molar-refractivity contribution in [3.63, 3.8) is 0 Å². The highest BCUT2D eigenvalue weighted by Crippen LogP contribution is 2.16. The molecule has 1 aliphatic heterocycles. The van der Waals surface area contributed by atoms with Gasteiger partial charge in [0.05, 0.1) is 11.0 Å². The fraction of sp³-hybridized carbons (Fsp3) is 0.417. The Morgan fingerprint density at radius 3 is 2.85 bits per heavy atom. The van der Waals surface area contributed by atoms with Crippen molar-refractivity contribution in [3.8, 4) is 0 Å². The third-order valence-electron chi connectivity index (χ3n) is 3.07. The molecule has 1 unspecified atom stereocenters. The standard InChI is InChI=1S/C12H14FN3O3.ClH/c13-10-3-9(4-11(5-10)16(18)19)12(17)15-7-8-1-2-14-6-8;/h3-5,8,14H,1-2,6-7H2,(H,15,17);1H. The molecule has 1 heterocycles. The van der Waals surface area contributed by atoms with Gasteiger partial charge in [0.1, 0.15) is 5.82 Å². The van der Waals surface area contributed by atoms with Crippen LogP contribution in [0.1, 0.15) is 16.8 Å². The Labute approximate surface area is 121 Å². The molecule has 0 aliphatic carbocycles. The number of nitro benzene ring substituents is 1. The number of nitrogens with one attached hydrogen (secondary N) is 2. The van der Waals surface area contributed by atoms with Crippen LogP contribution < -0.4 is 10.6 Å². The van der Waals surface area contributed by atoms with Crippen LogP contribution in [0.15, 0.2) is 18.2 Å². The smallest absolute Gasteiger partial charge is 0.273 e. The molecule has 1 fully saturated rings. The molecule has 0 saturated carbocycles. The van der Waals surface area contributed by atoms with Crippen LogP contribution in [0.4, 0.5) is 10.1 Å². The number of nitro groups is 1. The predicted molar refractivity (Wildman–Crippen MR) is 73.6 cm³/mol. The molecule has 1 aliphatic rings. The molecular weight excluding hydrogens is 289 g/mol. The number of non-ortho nitro benzene ring substituents is 1. The molecule has 6 nitrogen and oxygen atoms in total. The van der Waals surface area contributed by atoms with Gasteiger partial charge >= 0.3 is 0 Å². The summed E-state index contributed by atoms with van der Waals surface area (Å²) in [4.78, 5) is 21.7. The van der Waals surface area contributed by atoms with E-state index in [1.807, 2.05) is 0 Å². The van der Waals surface area contributed by atoms with Gasteiger partial charge < -0.3 is 10.6 Å². The van der Waals surface area contributed by atoms with Gasteiger partial charge in [0.25, 0.3) is 11.6 Å². The number of hydrogen-bond donors (Lipinski definition) is 2. The van der Waals surface area contributed by atoms with E-state index in [0.29, 0.717) is 12.5 Å².